The lowest BCUT2D eigenvalue weighted by molar-refractivity contribution is 0.224. The van der Waals surface area contributed by atoms with Crippen LogP contribution in [-0.2, 0) is 0 Å². The molecule has 0 heterocycles. The van der Waals surface area contributed by atoms with Gasteiger partial charge in [0, 0.05) is 17.8 Å². The zero-order chi connectivity index (χ0) is 14.9. The first kappa shape index (κ1) is 14.9. The molecule has 3 rings (SSSR count). The maximum atomic E-state index is 5.98. The molecule has 0 saturated heterocycles. The largest absolute Gasteiger partial charge is 0.382 e. The van der Waals surface area contributed by atoms with E-state index >= 15 is 0 Å². The molecular formula is C19H30N2. The number of hydrogen-bond acceptors (Lipinski definition) is 2. The lowest BCUT2D eigenvalue weighted by Gasteiger charge is -2.34. The summed E-state index contributed by atoms with van der Waals surface area (Å²) in [6, 6.07) is 10.2. The molecule has 1 aromatic carbocycles. The molecule has 0 spiro atoms. The standard InChI is InChI=1S/C19H30N2/c1-19(2)11-9-15(10-12-19)14-3-6-17(7-4-14)21-18-8-5-16(20)13-18/h3-4,6-7,15-16,18,21H,5,8-13,20H2,1-2H3. The molecule has 0 aromatic heterocycles. The summed E-state index contributed by atoms with van der Waals surface area (Å²) in [5.41, 5.74) is 9.32. The molecule has 2 heteroatoms. The first-order valence-electron chi connectivity index (χ1n) is 8.64. The summed E-state index contributed by atoms with van der Waals surface area (Å²) in [7, 11) is 0. The Balaban J connectivity index is 1.57. The zero-order valence-corrected chi connectivity index (χ0v) is 13.6. The highest BCUT2D eigenvalue weighted by atomic mass is 14.9. The average Bonchev–Trinajstić information content (AvgIpc) is 2.85. The van der Waals surface area contributed by atoms with Gasteiger partial charge in [0.15, 0.2) is 0 Å². The fourth-order valence-corrected chi connectivity index (χ4v) is 3.97. The van der Waals surface area contributed by atoms with Crippen LogP contribution >= 0.6 is 0 Å². The summed E-state index contributed by atoms with van der Waals surface area (Å²) in [5, 5.41) is 3.63. The smallest absolute Gasteiger partial charge is 0.0342 e. The molecule has 2 atom stereocenters. The average molecular weight is 286 g/mol. The Morgan fingerprint density at radius 2 is 1.67 bits per heavy atom. The molecule has 2 aliphatic rings. The van der Waals surface area contributed by atoms with Crippen LogP contribution in [0.2, 0.25) is 0 Å². The highest BCUT2D eigenvalue weighted by Crippen LogP contribution is 2.42. The van der Waals surface area contributed by atoms with Crippen LogP contribution in [0.3, 0.4) is 0 Å². The first-order valence-corrected chi connectivity index (χ1v) is 8.64. The Bertz CT molecular complexity index is 453. The summed E-state index contributed by atoms with van der Waals surface area (Å²) in [6.07, 6.45) is 8.89. The molecule has 0 radical (unpaired) electrons. The van der Waals surface area contributed by atoms with Gasteiger partial charge in [-0.25, -0.2) is 0 Å². The van der Waals surface area contributed by atoms with Gasteiger partial charge < -0.3 is 11.1 Å². The van der Waals surface area contributed by atoms with Gasteiger partial charge in [-0.3, -0.25) is 0 Å². The summed E-state index contributed by atoms with van der Waals surface area (Å²) >= 11 is 0. The topological polar surface area (TPSA) is 38.0 Å². The molecule has 1 aromatic rings. The van der Waals surface area contributed by atoms with Crippen molar-refractivity contribution < 1.29 is 0 Å². The Labute approximate surface area is 129 Å². The lowest BCUT2D eigenvalue weighted by atomic mass is 9.71. The van der Waals surface area contributed by atoms with E-state index in [0.717, 1.165) is 18.8 Å². The Kier molecular flexibility index (Phi) is 4.26. The van der Waals surface area contributed by atoms with Crippen molar-refractivity contribution in [1.29, 1.82) is 0 Å². The summed E-state index contributed by atoms with van der Waals surface area (Å²) in [5.74, 6) is 0.770. The number of nitrogens with one attached hydrogen (secondary N) is 1. The van der Waals surface area contributed by atoms with Crippen LogP contribution in [0.1, 0.15) is 70.3 Å². The van der Waals surface area contributed by atoms with E-state index in [0.29, 0.717) is 17.5 Å². The van der Waals surface area contributed by atoms with Crippen LogP contribution in [-0.4, -0.2) is 12.1 Å². The number of anilines is 1. The molecule has 116 valence electrons. The molecule has 21 heavy (non-hydrogen) atoms. The third kappa shape index (κ3) is 3.79. The van der Waals surface area contributed by atoms with E-state index in [9.17, 15) is 0 Å². The maximum absolute atomic E-state index is 5.98. The number of benzene rings is 1. The highest BCUT2D eigenvalue weighted by Gasteiger charge is 2.27. The van der Waals surface area contributed by atoms with Crippen LogP contribution in [0.25, 0.3) is 0 Å². The number of hydrogen-bond donors (Lipinski definition) is 2. The van der Waals surface area contributed by atoms with E-state index in [1.165, 1.54) is 43.4 Å². The quantitative estimate of drug-likeness (QED) is 0.848. The predicted molar refractivity (Wildman–Crippen MR) is 90.7 cm³/mol. The van der Waals surface area contributed by atoms with Gasteiger partial charge in [0.1, 0.15) is 0 Å². The molecule has 2 unspecified atom stereocenters. The fraction of sp³-hybridized carbons (Fsp3) is 0.684. The molecule has 0 bridgehead atoms. The maximum Gasteiger partial charge on any atom is 0.0342 e. The van der Waals surface area contributed by atoms with E-state index in [1.807, 2.05) is 0 Å². The number of rotatable bonds is 3. The van der Waals surface area contributed by atoms with Crippen molar-refractivity contribution in [3.05, 3.63) is 29.8 Å². The minimum atomic E-state index is 0.396. The van der Waals surface area contributed by atoms with Crippen LogP contribution in [0, 0.1) is 5.41 Å². The summed E-state index contributed by atoms with van der Waals surface area (Å²) in [4.78, 5) is 0. The van der Waals surface area contributed by atoms with Gasteiger partial charge in [0.2, 0.25) is 0 Å². The molecule has 2 saturated carbocycles. The van der Waals surface area contributed by atoms with Crippen molar-refractivity contribution in [3.63, 3.8) is 0 Å². The van der Waals surface area contributed by atoms with Gasteiger partial charge in [0.25, 0.3) is 0 Å². The zero-order valence-electron chi connectivity index (χ0n) is 13.6. The third-order valence-corrected chi connectivity index (χ3v) is 5.57. The third-order valence-electron chi connectivity index (χ3n) is 5.57. The van der Waals surface area contributed by atoms with Gasteiger partial charge in [0.05, 0.1) is 0 Å². The Hall–Kier alpha value is -1.02. The Morgan fingerprint density at radius 3 is 2.24 bits per heavy atom. The van der Waals surface area contributed by atoms with Crippen molar-refractivity contribution in [2.24, 2.45) is 11.1 Å². The monoisotopic (exact) mass is 286 g/mol. The van der Waals surface area contributed by atoms with Gasteiger partial charge >= 0.3 is 0 Å². The molecule has 2 aliphatic carbocycles. The predicted octanol–water partition coefficient (Wildman–Crippen LogP) is 4.66. The Morgan fingerprint density at radius 1 is 1.00 bits per heavy atom. The molecular weight excluding hydrogens is 256 g/mol. The lowest BCUT2D eigenvalue weighted by Crippen LogP contribution is -2.21. The van der Waals surface area contributed by atoms with Gasteiger partial charge in [-0.2, -0.15) is 0 Å². The summed E-state index contributed by atoms with van der Waals surface area (Å²) < 4.78 is 0. The van der Waals surface area contributed by atoms with Crippen molar-refractivity contribution in [2.45, 2.75) is 76.8 Å². The van der Waals surface area contributed by atoms with Crippen molar-refractivity contribution in [2.75, 3.05) is 5.32 Å². The van der Waals surface area contributed by atoms with E-state index in [2.05, 4.69) is 43.4 Å². The fourth-order valence-electron chi connectivity index (χ4n) is 3.97. The van der Waals surface area contributed by atoms with E-state index in [4.69, 9.17) is 5.73 Å². The SMILES string of the molecule is CC1(C)CCC(c2ccc(NC3CCC(N)C3)cc2)CC1. The number of nitrogens with two attached hydrogens (primary N) is 1. The van der Waals surface area contributed by atoms with Gasteiger partial charge in [-0.1, -0.05) is 26.0 Å². The van der Waals surface area contributed by atoms with Crippen LogP contribution in [0.4, 0.5) is 5.69 Å². The van der Waals surface area contributed by atoms with Crippen molar-refractivity contribution >= 4 is 5.69 Å². The van der Waals surface area contributed by atoms with E-state index in [1.54, 1.807) is 0 Å². The van der Waals surface area contributed by atoms with Crippen LogP contribution < -0.4 is 11.1 Å². The second-order valence-corrected chi connectivity index (χ2v) is 7.97. The summed E-state index contributed by atoms with van der Waals surface area (Å²) in [6.45, 7) is 4.81. The van der Waals surface area contributed by atoms with E-state index < -0.39 is 0 Å². The second-order valence-electron chi connectivity index (χ2n) is 7.97. The van der Waals surface area contributed by atoms with Gasteiger partial charge in [-0.15, -0.1) is 0 Å². The molecule has 0 aliphatic heterocycles. The van der Waals surface area contributed by atoms with Crippen molar-refractivity contribution in [3.8, 4) is 0 Å². The normalized spacial score (nSPS) is 29.5. The van der Waals surface area contributed by atoms with Crippen LogP contribution in [0.15, 0.2) is 24.3 Å². The van der Waals surface area contributed by atoms with Crippen LogP contribution in [0.5, 0.6) is 0 Å². The molecule has 0 amide bonds. The molecule has 2 nitrogen and oxygen atoms in total. The first-order chi connectivity index (χ1) is 10.0. The molecule has 2 fully saturated rings. The van der Waals surface area contributed by atoms with E-state index in [-0.39, 0.29) is 0 Å². The van der Waals surface area contributed by atoms with Gasteiger partial charge in [-0.05, 0) is 74.0 Å². The van der Waals surface area contributed by atoms with Crippen molar-refractivity contribution in [1.82, 2.24) is 0 Å². The minimum Gasteiger partial charge on any atom is -0.382 e. The molecule has 3 N–H and O–H groups in total. The highest BCUT2D eigenvalue weighted by molar-refractivity contribution is 5.46. The second kappa shape index (κ2) is 6.00. The minimum absolute atomic E-state index is 0.396.